The first kappa shape index (κ1) is 18.2. The van der Waals surface area contributed by atoms with Crippen LogP contribution in [0.3, 0.4) is 0 Å². The zero-order chi connectivity index (χ0) is 17.5. The molecule has 0 aliphatic carbocycles. The summed E-state index contributed by atoms with van der Waals surface area (Å²) in [6, 6.07) is 11.6. The molecule has 2 aromatic carbocycles. The third-order valence-electron chi connectivity index (χ3n) is 3.63. The molecule has 0 aromatic heterocycles. The second kappa shape index (κ2) is 8.66. The summed E-state index contributed by atoms with van der Waals surface area (Å²) >= 11 is 6.05. The van der Waals surface area contributed by atoms with E-state index in [4.69, 9.17) is 16.3 Å². The molecule has 0 unspecified atom stereocenters. The first-order valence-corrected chi connectivity index (χ1v) is 8.00. The van der Waals surface area contributed by atoms with Crippen molar-refractivity contribution in [2.24, 2.45) is 0 Å². The van der Waals surface area contributed by atoms with Gasteiger partial charge in [0.05, 0.1) is 13.7 Å². The van der Waals surface area contributed by atoms with Crippen LogP contribution in [0.5, 0.6) is 5.75 Å². The Morgan fingerprint density at radius 1 is 1.25 bits per heavy atom. The molecule has 4 nitrogen and oxygen atoms in total. The van der Waals surface area contributed by atoms with Crippen LogP contribution in [-0.4, -0.2) is 31.0 Å². The molecule has 0 aliphatic rings. The van der Waals surface area contributed by atoms with Crippen molar-refractivity contribution in [2.45, 2.75) is 13.5 Å². The predicted molar refractivity (Wildman–Crippen MR) is 94.0 cm³/mol. The van der Waals surface area contributed by atoms with Crippen molar-refractivity contribution in [3.8, 4) is 5.75 Å². The smallest absolute Gasteiger partial charge is 0.238 e. The van der Waals surface area contributed by atoms with Crippen LogP contribution in [0.25, 0.3) is 0 Å². The predicted octanol–water partition coefficient (Wildman–Crippen LogP) is 3.95. The summed E-state index contributed by atoms with van der Waals surface area (Å²) in [7, 11) is 1.58. The molecular formula is C18H20ClFN2O2. The average Bonchev–Trinajstić information content (AvgIpc) is 2.58. The van der Waals surface area contributed by atoms with Crippen molar-refractivity contribution in [1.29, 1.82) is 0 Å². The molecule has 128 valence electrons. The molecule has 1 amide bonds. The summed E-state index contributed by atoms with van der Waals surface area (Å²) in [5, 5.41) is 3.17. The number of nitrogens with zero attached hydrogens (tertiary/aromatic N) is 1. The van der Waals surface area contributed by atoms with E-state index in [0.29, 0.717) is 22.8 Å². The number of halogens is 2. The molecule has 0 fully saturated rings. The fraction of sp³-hybridized carbons (Fsp3) is 0.278. The fourth-order valence-corrected chi connectivity index (χ4v) is 2.49. The van der Waals surface area contributed by atoms with Crippen LogP contribution in [0.15, 0.2) is 42.5 Å². The lowest BCUT2D eigenvalue weighted by atomic mass is 10.2. The Morgan fingerprint density at radius 3 is 2.54 bits per heavy atom. The monoisotopic (exact) mass is 350 g/mol. The van der Waals surface area contributed by atoms with Crippen LogP contribution < -0.4 is 10.1 Å². The fourth-order valence-electron chi connectivity index (χ4n) is 2.26. The van der Waals surface area contributed by atoms with Gasteiger partial charge in [-0.1, -0.05) is 24.6 Å². The number of hydrogen-bond acceptors (Lipinski definition) is 3. The summed E-state index contributed by atoms with van der Waals surface area (Å²) in [6.45, 7) is 2.93. The van der Waals surface area contributed by atoms with Gasteiger partial charge in [0.1, 0.15) is 11.6 Å². The van der Waals surface area contributed by atoms with Gasteiger partial charge in [0.25, 0.3) is 0 Å². The Hall–Kier alpha value is -2.11. The topological polar surface area (TPSA) is 41.6 Å². The van der Waals surface area contributed by atoms with Crippen LogP contribution in [0.2, 0.25) is 5.02 Å². The van der Waals surface area contributed by atoms with Gasteiger partial charge < -0.3 is 10.1 Å². The first-order valence-electron chi connectivity index (χ1n) is 7.62. The molecule has 0 saturated heterocycles. The van der Waals surface area contributed by atoms with Gasteiger partial charge in [-0.3, -0.25) is 9.69 Å². The number of likely N-dealkylation sites (N-methyl/N-ethyl adjacent to an activating group) is 1. The Balaban J connectivity index is 1.97. The highest BCUT2D eigenvalue weighted by atomic mass is 35.5. The van der Waals surface area contributed by atoms with E-state index >= 15 is 0 Å². The molecule has 0 aliphatic heterocycles. The normalized spacial score (nSPS) is 10.7. The van der Waals surface area contributed by atoms with Crippen molar-refractivity contribution in [1.82, 2.24) is 4.90 Å². The maximum Gasteiger partial charge on any atom is 0.238 e. The Bertz CT molecular complexity index is 672. The first-order chi connectivity index (χ1) is 11.5. The van der Waals surface area contributed by atoms with Gasteiger partial charge in [-0.15, -0.1) is 0 Å². The standard InChI is InChI=1S/C18H20ClFN2O2/c1-3-22(11-15-16(19)5-4-6-17(15)20)12-18(23)21-13-7-9-14(24-2)10-8-13/h4-10H,3,11-12H2,1-2H3,(H,21,23). The Labute approximate surface area is 146 Å². The number of methoxy groups -OCH3 is 1. The maximum absolute atomic E-state index is 13.9. The highest BCUT2D eigenvalue weighted by Crippen LogP contribution is 2.21. The number of ether oxygens (including phenoxy) is 1. The lowest BCUT2D eigenvalue weighted by molar-refractivity contribution is -0.117. The SMILES string of the molecule is CCN(CC(=O)Nc1ccc(OC)cc1)Cc1c(F)cccc1Cl. The van der Waals surface area contributed by atoms with E-state index in [1.54, 1.807) is 43.5 Å². The van der Waals surface area contributed by atoms with Gasteiger partial charge in [0, 0.05) is 22.8 Å². The summed E-state index contributed by atoms with van der Waals surface area (Å²) in [5.41, 5.74) is 1.08. The molecule has 2 aromatic rings. The van der Waals surface area contributed by atoms with Gasteiger partial charge in [0.2, 0.25) is 5.91 Å². The number of rotatable bonds is 7. The molecule has 6 heteroatoms. The van der Waals surface area contributed by atoms with E-state index in [0.717, 1.165) is 5.75 Å². The largest absolute Gasteiger partial charge is 0.497 e. The lowest BCUT2D eigenvalue weighted by Gasteiger charge is -2.21. The molecule has 0 atom stereocenters. The quantitative estimate of drug-likeness (QED) is 0.822. The van der Waals surface area contributed by atoms with E-state index in [2.05, 4.69) is 5.32 Å². The lowest BCUT2D eigenvalue weighted by Crippen LogP contribution is -2.33. The summed E-state index contributed by atoms with van der Waals surface area (Å²) in [5.74, 6) is 0.184. The number of carbonyl (C=O) groups is 1. The van der Waals surface area contributed by atoms with Gasteiger partial charge in [-0.2, -0.15) is 0 Å². The third-order valence-corrected chi connectivity index (χ3v) is 3.99. The number of nitrogens with one attached hydrogen (secondary N) is 1. The Morgan fingerprint density at radius 2 is 1.96 bits per heavy atom. The third kappa shape index (κ3) is 4.94. The Kier molecular flexibility index (Phi) is 6.58. The maximum atomic E-state index is 13.9. The summed E-state index contributed by atoms with van der Waals surface area (Å²) < 4.78 is 19.0. The van der Waals surface area contributed by atoms with Crippen molar-refractivity contribution < 1.29 is 13.9 Å². The minimum absolute atomic E-state index is 0.146. The molecule has 0 spiro atoms. The van der Waals surface area contributed by atoms with E-state index in [9.17, 15) is 9.18 Å². The molecule has 1 N–H and O–H groups in total. The van der Waals surface area contributed by atoms with E-state index < -0.39 is 0 Å². The highest BCUT2D eigenvalue weighted by Gasteiger charge is 2.14. The van der Waals surface area contributed by atoms with Crippen LogP contribution in [-0.2, 0) is 11.3 Å². The van der Waals surface area contributed by atoms with Crippen LogP contribution in [0, 0.1) is 5.82 Å². The minimum atomic E-state index is -0.364. The summed E-state index contributed by atoms with van der Waals surface area (Å²) in [6.07, 6.45) is 0. The number of amides is 1. The van der Waals surface area contributed by atoms with Crippen LogP contribution >= 0.6 is 11.6 Å². The van der Waals surface area contributed by atoms with Gasteiger partial charge in [-0.25, -0.2) is 4.39 Å². The van der Waals surface area contributed by atoms with Crippen molar-refractivity contribution in [2.75, 3.05) is 25.5 Å². The molecular weight excluding hydrogens is 331 g/mol. The van der Waals surface area contributed by atoms with Crippen molar-refractivity contribution in [3.05, 3.63) is 58.9 Å². The van der Waals surface area contributed by atoms with E-state index in [1.807, 2.05) is 11.8 Å². The second-order valence-corrected chi connectivity index (χ2v) is 5.69. The number of benzene rings is 2. The van der Waals surface area contributed by atoms with Crippen LogP contribution in [0.4, 0.5) is 10.1 Å². The van der Waals surface area contributed by atoms with E-state index in [1.165, 1.54) is 6.07 Å². The van der Waals surface area contributed by atoms with Gasteiger partial charge >= 0.3 is 0 Å². The zero-order valence-corrected chi connectivity index (χ0v) is 14.4. The van der Waals surface area contributed by atoms with Crippen molar-refractivity contribution in [3.63, 3.8) is 0 Å². The average molecular weight is 351 g/mol. The number of hydrogen-bond donors (Lipinski definition) is 1. The second-order valence-electron chi connectivity index (χ2n) is 5.28. The van der Waals surface area contributed by atoms with Crippen LogP contribution in [0.1, 0.15) is 12.5 Å². The highest BCUT2D eigenvalue weighted by molar-refractivity contribution is 6.31. The summed E-state index contributed by atoms with van der Waals surface area (Å²) in [4.78, 5) is 14.0. The molecule has 0 radical (unpaired) electrons. The zero-order valence-electron chi connectivity index (χ0n) is 13.7. The minimum Gasteiger partial charge on any atom is -0.497 e. The number of anilines is 1. The molecule has 0 bridgehead atoms. The molecule has 0 saturated carbocycles. The molecule has 2 rings (SSSR count). The van der Waals surface area contributed by atoms with Gasteiger partial charge in [0.15, 0.2) is 0 Å². The van der Waals surface area contributed by atoms with Crippen molar-refractivity contribution >= 4 is 23.2 Å². The number of carbonyl (C=O) groups excluding carboxylic acids is 1. The molecule has 0 heterocycles. The molecule has 24 heavy (non-hydrogen) atoms. The van der Waals surface area contributed by atoms with E-state index in [-0.39, 0.29) is 24.8 Å². The van der Waals surface area contributed by atoms with Gasteiger partial charge in [-0.05, 0) is 42.9 Å².